The molecule has 0 aliphatic rings. The molecule has 0 saturated heterocycles. The summed E-state index contributed by atoms with van der Waals surface area (Å²) in [4.78, 5) is 3.53. The van der Waals surface area contributed by atoms with Gasteiger partial charge in [0.25, 0.3) is 0 Å². The number of rotatable bonds is 5. The summed E-state index contributed by atoms with van der Waals surface area (Å²) < 4.78 is 0. The molecule has 0 aromatic heterocycles. The highest BCUT2D eigenvalue weighted by atomic mass is 35.5. The third-order valence-electron chi connectivity index (χ3n) is 2.51. The highest BCUT2D eigenvalue weighted by Crippen LogP contribution is 2.24. The van der Waals surface area contributed by atoms with E-state index in [1.54, 1.807) is 11.8 Å². The zero-order valence-electron chi connectivity index (χ0n) is 9.53. The van der Waals surface area contributed by atoms with Crippen molar-refractivity contribution < 1.29 is 0 Å². The summed E-state index contributed by atoms with van der Waals surface area (Å²) in [5, 5.41) is 0. The van der Waals surface area contributed by atoms with Gasteiger partial charge in [-0.25, -0.2) is 0 Å². The monoisotopic (exact) mass is 243 g/mol. The summed E-state index contributed by atoms with van der Waals surface area (Å²) in [6.45, 7) is 0. The number of nitrogens with zero attached hydrogens (tertiary/aromatic N) is 1. The van der Waals surface area contributed by atoms with Gasteiger partial charge in [-0.05, 0) is 44.5 Å². The second-order valence-corrected chi connectivity index (χ2v) is 4.99. The maximum absolute atomic E-state index is 5.82. The lowest BCUT2D eigenvalue weighted by Gasteiger charge is -2.24. The Morgan fingerprint density at radius 1 is 1.27 bits per heavy atom. The molecule has 1 rings (SSSR count). The average molecular weight is 244 g/mol. The van der Waals surface area contributed by atoms with Gasteiger partial charge in [-0.3, -0.25) is 0 Å². The van der Waals surface area contributed by atoms with Crippen LogP contribution in [0.15, 0.2) is 29.2 Å². The zero-order valence-corrected chi connectivity index (χ0v) is 11.1. The first-order valence-electron chi connectivity index (χ1n) is 5.05. The molecule has 0 fully saturated rings. The van der Waals surface area contributed by atoms with Crippen molar-refractivity contribution >= 4 is 23.4 Å². The van der Waals surface area contributed by atoms with Gasteiger partial charge in [-0.2, -0.15) is 0 Å². The van der Waals surface area contributed by atoms with E-state index in [-0.39, 0.29) is 0 Å². The van der Waals surface area contributed by atoms with Gasteiger partial charge >= 0.3 is 0 Å². The van der Waals surface area contributed by atoms with Gasteiger partial charge < -0.3 is 4.90 Å². The summed E-state index contributed by atoms with van der Waals surface area (Å²) in [5.41, 5.74) is 1.35. The van der Waals surface area contributed by atoms with Crippen molar-refractivity contribution in [3.05, 3.63) is 29.8 Å². The molecule has 0 radical (unpaired) electrons. The van der Waals surface area contributed by atoms with Gasteiger partial charge in [0.2, 0.25) is 0 Å². The minimum absolute atomic E-state index is 0.429. The molecule has 0 aliphatic carbocycles. The van der Waals surface area contributed by atoms with E-state index in [1.165, 1.54) is 10.5 Å². The highest BCUT2D eigenvalue weighted by Gasteiger charge is 2.12. The van der Waals surface area contributed by atoms with Crippen LogP contribution in [-0.4, -0.2) is 31.1 Å². The Labute approximate surface area is 102 Å². The SMILES string of the molecule is CSc1ccc(C(CCCl)N(C)C)cc1. The highest BCUT2D eigenvalue weighted by molar-refractivity contribution is 7.98. The largest absolute Gasteiger partial charge is 0.302 e. The fourth-order valence-electron chi connectivity index (χ4n) is 1.65. The molecule has 3 heteroatoms. The first kappa shape index (κ1) is 12.9. The van der Waals surface area contributed by atoms with E-state index < -0.39 is 0 Å². The molecule has 0 saturated carbocycles. The molecule has 1 aromatic rings. The standard InChI is InChI=1S/C12H18ClNS/c1-14(2)12(8-9-13)10-4-6-11(15-3)7-5-10/h4-7,12H,8-9H2,1-3H3. The molecule has 1 nitrogen and oxygen atoms in total. The van der Waals surface area contributed by atoms with E-state index in [9.17, 15) is 0 Å². The number of halogens is 1. The fourth-order valence-corrected chi connectivity index (χ4v) is 2.27. The lowest BCUT2D eigenvalue weighted by molar-refractivity contribution is 0.293. The second-order valence-electron chi connectivity index (χ2n) is 3.73. The van der Waals surface area contributed by atoms with Crippen LogP contribution >= 0.6 is 23.4 Å². The van der Waals surface area contributed by atoms with Crippen molar-refractivity contribution in [3.8, 4) is 0 Å². The molecule has 15 heavy (non-hydrogen) atoms. The van der Waals surface area contributed by atoms with E-state index >= 15 is 0 Å². The zero-order chi connectivity index (χ0) is 11.3. The van der Waals surface area contributed by atoms with E-state index in [0.717, 1.165) is 6.42 Å². The maximum Gasteiger partial charge on any atom is 0.0353 e. The van der Waals surface area contributed by atoms with Crippen LogP contribution in [0.25, 0.3) is 0 Å². The second kappa shape index (κ2) is 6.41. The molecule has 84 valence electrons. The van der Waals surface area contributed by atoms with Crippen LogP contribution < -0.4 is 0 Å². The Balaban J connectivity index is 2.81. The molecular formula is C12H18ClNS. The van der Waals surface area contributed by atoms with Crippen LogP contribution in [0.1, 0.15) is 18.0 Å². The van der Waals surface area contributed by atoms with E-state index in [0.29, 0.717) is 11.9 Å². The van der Waals surface area contributed by atoms with Crippen LogP contribution in [0.5, 0.6) is 0 Å². The quantitative estimate of drug-likeness (QED) is 0.574. The number of hydrogen-bond acceptors (Lipinski definition) is 2. The smallest absolute Gasteiger partial charge is 0.0353 e. The topological polar surface area (TPSA) is 3.24 Å². The molecule has 0 bridgehead atoms. The molecule has 1 atom stereocenters. The number of benzene rings is 1. The summed E-state index contributed by atoms with van der Waals surface area (Å²) in [6.07, 6.45) is 3.09. The van der Waals surface area contributed by atoms with Crippen LogP contribution in [0.3, 0.4) is 0 Å². The Bertz CT molecular complexity index is 284. The minimum atomic E-state index is 0.429. The Hall–Kier alpha value is -0.180. The summed E-state index contributed by atoms with van der Waals surface area (Å²) in [6, 6.07) is 9.17. The Kier molecular flexibility index (Phi) is 5.51. The summed E-state index contributed by atoms with van der Waals surface area (Å²) in [5.74, 6) is 0.702. The molecule has 0 amide bonds. The normalized spacial score (nSPS) is 13.1. The first-order chi connectivity index (χ1) is 7.19. The van der Waals surface area contributed by atoms with Crippen LogP contribution in [-0.2, 0) is 0 Å². The lowest BCUT2D eigenvalue weighted by atomic mass is 10.0. The van der Waals surface area contributed by atoms with Crippen LogP contribution in [0.4, 0.5) is 0 Å². The lowest BCUT2D eigenvalue weighted by Crippen LogP contribution is -2.20. The van der Waals surface area contributed by atoms with Gasteiger partial charge in [-0.1, -0.05) is 12.1 Å². The van der Waals surface area contributed by atoms with Crippen molar-refractivity contribution in [2.45, 2.75) is 17.4 Å². The molecule has 0 N–H and O–H groups in total. The maximum atomic E-state index is 5.82. The Morgan fingerprint density at radius 2 is 1.87 bits per heavy atom. The number of alkyl halides is 1. The van der Waals surface area contributed by atoms with Gasteiger partial charge in [0.05, 0.1) is 0 Å². The number of hydrogen-bond donors (Lipinski definition) is 0. The van der Waals surface area contributed by atoms with Crippen LogP contribution in [0, 0.1) is 0 Å². The third-order valence-corrected chi connectivity index (χ3v) is 3.47. The van der Waals surface area contributed by atoms with E-state index in [4.69, 9.17) is 11.6 Å². The van der Waals surface area contributed by atoms with Crippen molar-refractivity contribution in [2.75, 3.05) is 26.2 Å². The Morgan fingerprint density at radius 3 is 2.27 bits per heavy atom. The molecule has 1 aromatic carbocycles. The summed E-state index contributed by atoms with van der Waals surface area (Å²) in [7, 11) is 4.19. The molecule has 1 unspecified atom stereocenters. The fraction of sp³-hybridized carbons (Fsp3) is 0.500. The van der Waals surface area contributed by atoms with Gasteiger partial charge in [0.1, 0.15) is 0 Å². The first-order valence-corrected chi connectivity index (χ1v) is 6.81. The predicted octanol–water partition coefficient (Wildman–Crippen LogP) is 3.64. The molecular weight excluding hydrogens is 226 g/mol. The van der Waals surface area contributed by atoms with Gasteiger partial charge in [-0.15, -0.1) is 23.4 Å². The van der Waals surface area contributed by atoms with Crippen LogP contribution in [0.2, 0.25) is 0 Å². The van der Waals surface area contributed by atoms with Crippen molar-refractivity contribution in [1.29, 1.82) is 0 Å². The van der Waals surface area contributed by atoms with Crippen molar-refractivity contribution in [3.63, 3.8) is 0 Å². The minimum Gasteiger partial charge on any atom is -0.302 e. The van der Waals surface area contributed by atoms with E-state index in [1.807, 2.05) is 0 Å². The summed E-state index contributed by atoms with van der Waals surface area (Å²) >= 11 is 7.59. The molecule has 0 spiro atoms. The predicted molar refractivity (Wildman–Crippen MR) is 70.0 cm³/mol. The van der Waals surface area contributed by atoms with Crippen molar-refractivity contribution in [1.82, 2.24) is 4.90 Å². The van der Waals surface area contributed by atoms with Gasteiger partial charge in [0.15, 0.2) is 0 Å². The van der Waals surface area contributed by atoms with E-state index in [2.05, 4.69) is 49.5 Å². The molecule has 0 heterocycles. The number of thioether (sulfide) groups is 1. The molecule has 0 aliphatic heterocycles. The third kappa shape index (κ3) is 3.71. The van der Waals surface area contributed by atoms with Gasteiger partial charge in [0, 0.05) is 16.8 Å². The average Bonchev–Trinajstić information content (AvgIpc) is 2.26. The van der Waals surface area contributed by atoms with Crippen molar-refractivity contribution in [2.24, 2.45) is 0 Å².